The fourth-order valence-electron chi connectivity index (χ4n) is 6.01. The van der Waals surface area contributed by atoms with Crippen LogP contribution in [0.2, 0.25) is 10.0 Å². The van der Waals surface area contributed by atoms with Gasteiger partial charge in [0.15, 0.2) is 11.5 Å². The van der Waals surface area contributed by atoms with Crippen LogP contribution in [-0.2, 0) is 27.2 Å². The predicted molar refractivity (Wildman–Crippen MR) is 199 cm³/mol. The van der Waals surface area contributed by atoms with E-state index in [2.05, 4.69) is 22.2 Å². The molecule has 1 saturated heterocycles. The number of piperidine rings is 1. The minimum absolute atomic E-state index is 0.221. The van der Waals surface area contributed by atoms with Crippen molar-refractivity contribution in [2.24, 2.45) is 11.8 Å². The topological polar surface area (TPSA) is 99.2 Å². The van der Waals surface area contributed by atoms with Crippen LogP contribution in [0.5, 0.6) is 11.5 Å². The highest BCUT2D eigenvalue weighted by atomic mass is 35.5. The Hall–Kier alpha value is -3.67. The monoisotopic (exact) mass is 751 g/mol. The second kappa shape index (κ2) is 17.7. The van der Waals surface area contributed by atoms with Crippen LogP contribution < -0.4 is 14.8 Å². The summed E-state index contributed by atoms with van der Waals surface area (Å²) >= 11 is 14.3. The Morgan fingerprint density at radius 1 is 0.922 bits per heavy atom. The molecule has 2 atom stereocenters. The number of hydrogen-bond acceptors (Lipinski definition) is 10. The Morgan fingerprint density at radius 2 is 1.65 bits per heavy atom. The molecule has 51 heavy (non-hydrogen) atoms. The van der Waals surface area contributed by atoms with Crippen LogP contribution in [0.15, 0.2) is 73.1 Å². The highest BCUT2D eigenvalue weighted by Gasteiger charge is 2.27. The van der Waals surface area contributed by atoms with E-state index in [0.29, 0.717) is 69.1 Å². The lowest BCUT2D eigenvalue weighted by Gasteiger charge is -2.29. The fourth-order valence-corrected chi connectivity index (χ4v) is 7.37. The zero-order valence-electron chi connectivity index (χ0n) is 28.8. The van der Waals surface area contributed by atoms with E-state index in [1.165, 1.54) is 23.7 Å². The first-order valence-corrected chi connectivity index (χ1v) is 18.9. The molecule has 270 valence electrons. The quantitative estimate of drug-likeness (QED) is 0.114. The van der Waals surface area contributed by atoms with E-state index >= 15 is 0 Å². The Labute approximate surface area is 313 Å². The van der Waals surface area contributed by atoms with Crippen molar-refractivity contribution in [1.29, 1.82) is 0 Å². The first-order chi connectivity index (χ1) is 24.8. The highest BCUT2D eigenvalue weighted by molar-refractivity contribution is 7.13. The van der Waals surface area contributed by atoms with Gasteiger partial charge in [0.25, 0.3) is 0 Å². The average molecular weight is 753 g/mol. The molecule has 0 amide bonds. The molecule has 1 aliphatic heterocycles. The number of rotatable bonds is 16. The number of thiophene rings is 1. The smallest absolute Gasteiger partial charge is 0.348 e. The molecule has 1 saturated carbocycles. The summed E-state index contributed by atoms with van der Waals surface area (Å²) in [5.74, 6) is 1.28. The molecule has 2 unspecified atom stereocenters. The van der Waals surface area contributed by atoms with Gasteiger partial charge in [0.2, 0.25) is 0 Å². The SMILES string of the molecule is COc1ccc(C(Cc2c(Cl)cncc2Cl)OC(=O)c2ccc(CNC(C(=O)OCC3CCN(C)CC3)c3ccccc3)s2)cc1OCC1CC1. The highest BCUT2D eigenvalue weighted by Crippen LogP contribution is 2.38. The third-order valence-electron chi connectivity index (χ3n) is 9.33. The van der Waals surface area contributed by atoms with Crippen LogP contribution in [0.1, 0.15) is 69.1 Å². The molecule has 6 rings (SSSR count). The van der Waals surface area contributed by atoms with Crippen molar-refractivity contribution < 1.29 is 28.5 Å². The van der Waals surface area contributed by atoms with Gasteiger partial charge in [-0.15, -0.1) is 11.3 Å². The van der Waals surface area contributed by atoms with E-state index in [1.54, 1.807) is 13.2 Å². The number of esters is 2. The van der Waals surface area contributed by atoms with Gasteiger partial charge in [-0.1, -0.05) is 59.6 Å². The Bertz CT molecular complexity index is 1760. The van der Waals surface area contributed by atoms with E-state index in [9.17, 15) is 9.59 Å². The lowest BCUT2D eigenvalue weighted by molar-refractivity contribution is -0.148. The second-order valence-electron chi connectivity index (χ2n) is 13.2. The van der Waals surface area contributed by atoms with Gasteiger partial charge in [0.05, 0.1) is 30.4 Å². The predicted octanol–water partition coefficient (Wildman–Crippen LogP) is 8.10. The molecule has 1 aliphatic carbocycles. The zero-order chi connectivity index (χ0) is 35.7. The standard InChI is InChI=1S/C39H43Cl2N3O6S/c1-44-16-14-26(15-17-44)24-49-39(46)37(27-6-4-3-5-7-27)43-20-29-11-13-36(51-29)38(45)50-34(19-30-31(40)21-42-22-32(30)41)28-10-12-33(47-2)35(18-28)48-23-25-8-9-25/h3-7,10-13,18,21-22,25-26,34,37,43H,8-9,14-17,19-20,23-24H2,1-2H3. The number of nitrogens with one attached hydrogen (secondary N) is 1. The van der Waals surface area contributed by atoms with Gasteiger partial charge in [-0.25, -0.2) is 9.59 Å². The molecular formula is C39H43Cl2N3O6S. The van der Waals surface area contributed by atoms with Crippen LogP contribution in [0.25, 0.3) is 0 Å². The Kier molecular flexibility index (Phi) is 12.9. The lowest BCUT2D eigenvalue weighted by atomic mass is 9.98. The molecule has 4 aromatic rings. The maximum Gasteiger partial charge on any atom is 0.348 e. The molecule has 1 N–H and O–H groups in total. The van der Waals surface area contributed by atoms with Crippen molar-refractivity contribution in [2.45, 2.75) is 50.8 Å². The van der Waals surface area contributed by atoms with Crippen LogP contribution in [-0.4, -0.2) is 62.3 Å². The minimum atomic E-state index is -0.741. The van der Waals surface area contributed by atoms with Crippen molar-refractivity contribution >= 4 is 46.5 Å². The number of pyridine rings is 1. The van der Waals surface area contributed by atoms with Gasteiger partial charge in [0, 0.05) is 30.2 Å². The van der Waals surface area contributed by atoms with Gasteiger partial charge in [-0.2, -0.15) is 0 Å². The summed E-state index contributed by atoms with van der Waals surface area (Å²) in [6.45, 7) is 3.37. The van der Waals surface area contributed by atoms with Gasteiger partial charge in [-0.05, 0) is 98.6 Å². The first kappa shape index (κ1) is 37.1. The van der Waals surface area contributed by atoms with Gasteiger partial charge in [0.1, 0.15) is 17.0 Å². The first-order valence-electron chi connectivity index (χ1n) is 17.3. The van der Waals surface area contributed by atoms with Crippen LogP contribution in [0.3, 0.4) is 0 Å². The number of carbonyl (C=O) groups is 2. The number of methoxy groups -OCH3 is 1. The number of hydrogen-bond donors (Lipinski definition) is 1. The van der Waals surface area contributed by atoms with E-state index in [4.69, 9.17) is 42.1 Å². The summed E-state index contributed by atoms with van der Waals surface area (Å²) in [4.78, 5) is 34.7. The number of benzene rings is 2. The van der Waals surface area contributed by atoms with Crippen LogP contribution >= 0.6 is 34.5 Å². The Balaban J connectivity index is 1.15. The molecule has 12 heteroatoms. The fraction of sp³-hybridized carbons (Fsp3) is 0.410. The summed E-state index contributed by atoms with van der Waals surface area (Å²) in [5.41, 5.74) is 2.15. The lowest BCUT2D eigenvalue weighted by Crippen LogP contribution is -2.34. The molecule has 2 aromatic heterocycles. The summed E-state index contributed by atoms with van der Waals surface area (Å²) in [5, 5.41) is 4.13. The average Bonchev–Trinajstić information content (AvgIpc) is 3.86. The summed E-state index contributed by atoms with van der Waals surface area (Å²) in [6.07, 6.45) is 6.84. The van der Waals surface area contributed by atoms with Crippen LogP contribution in [0, 0.1) is 11.8 Å². The summed E-state index contributed by atoms with van der Waals surface area (Å²) in [6, 6.07) is 18.0. The number of aromatic nitrogens is 1. The van der Waals surface area contributed by atoms with E-state index in [-0.39, 0.29) is 12.4 Å². The molecule has 2 fully saturated rings. The summed E-state index contributed by atoms with van der Waals surface area (Å²) < 4.78 is 23.7. The normalized spacial score (nSPS) is 16.3. The number of likely N-dealkylation sites (tertiary alicyclic amines) is 1. The second-order valence-corrected chi connectivity index (χ2v) is 15.2. The van der Waals surface area contributed by atoms with Gasteiger partial charge < -0.3 is 23.8 Å². The van der Waals surface area contributed by atoms with E-state index in [0.717, 1.165) is 49.2 Å². The molecule has 9 nitrogen and oxygen atoms in total. The van der Waals surface area contributed by atoms with Crippen molar-refractivity contribution in [2.75, 3.05) is 40.5 Å². The van der Waals surface area contributed by atoms with E-state index < -0.39 is 18.1 Å². The molecule has 2 aliphatic rings. The number of halogens is 2. The largest absolute Gasteiger partial charge is 0.493 e. The van der Waals surface area contributed by atoms with Gasteiger partial charge in [-0.3, -0.25) is 10.3 Å². The maximum atomic E-state index is 13.7. The minimum Gasteiger partial charge on any atom is -0.493 e. The van der Waals surface area contributed by atoms with Crippen molar-refractivity contribution in [3.05, 3.63) is 110 Å². The number of ether oxygens (including phenoxy) is 4. The molecule has 3 heterocycles. The maximum absolute atomic E-state index is 13.7. The number of carbonyl (C=O) groups excluding carboxylic acids is 2. The van der Waals surface area contributed by atoms with Crippen molar-refractivity contribution in [3.8, 4) is 11.5 Å². The molecule has 0 bridgehead atoms. The zero-order valence-corrected chi connectivity index (χ0v) is 31.1. The molecule has 0 spiro atoms. The Morgan fingerprint density at radius 3 is 2.35 bits per heavy atom. The molecular weight excluding hydrogens is 709 g/mol. The van der Waals surface area contributed by atoms with Crippen molar-refractivity contribution in [1.82, 2.24) is 15.2 Å². The van der Waals surface area contributed by atoms with E-state index in [1.807, 2.05) is 54.6 Å². The number of nitrogens with zero attached hydrogens (tertiary/aromatic N) is 2. The third kappa shape index (κ3) is 10.2. The van der Waals surface area contributed by atoms with Gasteiger partial charge >= 0.3 is 11.9 Å². The van der Waals surface area contributed by atoms with Crippen molar-refractivity contribution in [3.63, 3.8) is 0 Å². The summed E-state index contributed by atoms with van der Waals surface area (Å²) in [7, 11) is 3.71. The molecule has 0 radical (unpaired) electrons. The third-order valence-corrected chi connectivity index (χ3v) is 11.1. The molecule has 2 aromatic carbocycles. The van der Waals surface area contributed by atoms with Crippen LogP contribution in [0.4, 0.5) is 0 Å².